The van der Waals surface area contributed by atoms with Crippen LogP contribution in [0, 0.1) is 13.8 Å². The minimum Gasteiger partial charge on any atom is -0.487 e. The van der Waals surface area contributed by atoms with E-state index in [9.17, 15) is 9.59 Å². The van der Waals surface area contributed by atoms with Gasteiger partial charge in [-0.1, -0.05) is 17.7 Å². The fraction of sp³-hybridized carbons (Fsp3) is 0.160. The van der Waals surface area contributed by atoms with E-state index in [1.165, 1.54) is 10.5 Å². The van der Waals surface area contributed by atoms with E-state index in [0.717, 1.165) is 11.1 Å². The summed E-state index contributed by atoms with van der Waals surface area (Å²) in [7, 11) is 0. The maximum atomic E-state index is 12.3. The number of carbonyl (C=O) groups is 1. The lowest BCUT2D eigenvalue weighted by atomic mass is 10.2. The Kier molecular flexibility index (Phi) is 6.60. The third-order valence-electron chi connectivity index (χ3n) is 4.91. The molecule has 33 heavy (non-hydrogen) atoms. The molecule has 1 amide bonds. The molecule has 8 heteroatoms. The summed E-state index contributed by atoms with van der Waals surface area (Å²) in [5.41, 5.74) is 3.40. The SMILES string of the molecule is Cc1ccn2c(=O)cc(COc3cc(NC(=O)COc4ccc(Cl)cc4)ccc3C)nc2c1. The van der Waals surface area contributed by atoms with E-state index < -0.39 is 0 Å². The van der Waals surface area contributed by atoms with Crippen molar-refractivity contribution in [1.82, 2.24) is 9.38 Å². The van der Waals surface area contributed by atoms with Gasteiger partial charge in [0.1, 0.15) is 23.8 Å². The van der Waals surface area contributed by atoms with Gasteiger partial charge in [0, 0.05) is 29.0 Å². The number of hydrogen-bond donors (Lipinski definition) is 1. The molecule has 0 radical (unpaired) electrons. The van der Waals surface area contributed by atoms with Crippen molar-refractivity contribution in [3.05, 3.63) is 99.1 Å². The van der Waals surface area contributed by atoms with Crippen LogP contribution in [0.2, 0.25) is 5.02 Å². The van der Waals surface area contributed by atoms with Gasteiger partial charge in [-0.2, -0.15) is 0 Å². The first-order chi connectivity index (χ1) is 15.9. The molecule has 0 atom stereocenters. The smallest absolute Gasteiger partial charge is 0.262 e. The predicted molar refractivity (Wildman–Crippen MR) is 127 cm³/mol. The number of ether oxygens (including phenoxy) is 2. The Bertz CT molecular complexity index is 1370. The zero-order valence-electron chi connectivity index (χ0n) is 18.2. The van der Waals surface area contributed by atoms with Crippen LogP contribution in [-0.2, 0) is 11.4 Å². The number of pyridine rings is 1. The molecule has 0 aliphatic heterocycles. The summed E-state index contributed by atoms with van der Waals surface area (Å²) >= 11 is 5.85. The number of hydrogen-bond acceptors (Lipinski definition) is 5. The maximum absolute atomic E-state index is 12.3. The average Bonchev–Trinajstić information content (AvgIpc) is 2.79. The fourth-order valence-electron chi connectivity index (χ4n) is 3.19. The van der Waals surface area contributed by atoms with Crippen LogP contribution in [0.4, 0.5) is 5.69 Å². The number of rotatable bonds is 7. The molecule has 0 fully saturated rings. The van der Waals surface area contributed by atoms with Gasteiger partial charge in [0.25, 0.3) is 11.5 Å². The molecule has 0 bridgehead atoms. The highest BCUT2D eigenvalue weighted by Crippen LogP contribution is 2.24. The highest BCUT2D eigenvalue weighted by molar-refractivity contribution is 6.30. The number of benzene rings is 2. The molecule has 2 aromatic heterocycles. The third-order valence-corrected chi connectivity index (χ3v) is 5.16. The Balaban J connectivity index is 1.41. The zero-order chi connectivity index (χ0) is 23.4. The molecular weight excluding hydrogens is 442 g/mol. The highest BCUT2D eigenvalue weighted by Gasteiger charge is 2.09. The summed E-state index contributed by atoms with van der Waals surface area (Å²) < 4.78 is 12.9. The number of aryl methyl sites for hydroxylation is 2. The zero-order valence-corrected chi connectivity index (χ0v) is 18.9. The van der Waals surface area contributed by atoms with Crippen LogP contribution < -0.4 is 20.3 Å². The Labute approximate surface area is 195 Å². The van der Waals surface area contributed by atoms with Gasteiger partial charge in [-0.05, 0) is 67.4 Å². The molecule has 4 aromatic rings. The van der Waals surface area contributed by atoms with Gasteiger partial charge in [0.2, 0.25) is 0 Å². The van der Waals surface area contributed by atoms with Gasteiger partial charge in [0.15, 0.2) is 6.61 Å². The first kappa shape index (κ1) is 22.4. The Morgan fingerprint density at radius 2 is 1.82 bits per heavy atom. The van der Waals surface area contributed by atoms with Crippen LogP contribution in [-0.4, -0.2) is 21.9 Å². The van der Waals surface area contributed by atoms with Gasteiger partial charge in [0.05, 0.1) is 5.69 Å². The molecule has 4 rings (SSSR count). The van der Waals surface area contributed by atoms with Crippen LogP contribution in [0.3, 0.4) is 0 Å². The van der Waals surface area contributed by atoms with E-state index >= 15 is 0 Å². The number of anilines is 1. The van der Waals surface area contributed by atoms with Gasteiger partial charge in [-0.25, -0.2) is 4.98 Å². The number of amides is 1. The lowest BCUT2D eigenvalue weighted by Gasteiger charge is -2.12. The monoisotopic (exact) mass is 463 g/mol. The number of fused-ring (bicyclic) bond motifs is 1. The second-order valence-corrected chi connectivity index (χ2v) is 8.01. The highest BCUT2D eigenvalue weighted by atomic mass is 35.5. The largest absolute Gasteiger partial charge is 0.487 e. The number of aromatic nitrogens is 2. The minimum atomic E-state index is -0.306. The number of carbonyl (C=O) groups excluding carboxylic acids is 1. The Morgan fingerprint density at radius 3 is 2.61 bits per heavy atom. The van der Waals surface area contributed by atoms with Gasteiger partial charge >= 0.3 is 0 Å². The van der Waals surface area contributed by atoms with Crippen LogP contribution in [0.5, 0.6) is 11.5 Å². The molecule has 0 aliphatic rings. The summed E-state index contributed by atoms with van der Waals surface area (Å²) in [6.45, 7) is 3.82. The summed E-state index contributed by atoms with van der Waals surface area (Å²) in [4.78, 5) is 29.1. The van der Waals surface area contributed by atoms with Crippen LogP contribution >= 0.6 is 11.6 Å². The van der Waals surface area contributed by atoms with E-state index in [-0.39, 0.29) is 24.7 Å². The van der Waals surface area contributed by atoms with Crippen molar-refractivity contribution < 1.29 is 14.3 Å². The summed E-state index contributed by atoms with van der Waals surface area (Å²) in [6, 6.07) is 17.3. The molecule has 0 saturated heterocycles. The van der Waals surface area contributed by atoms with Gasteiger partial charge in [-0.15, -0.1) is 0 Å². The van der Waals surface area contributed by atoms with E-state index in [1.54, 1.807) is 42.6 Å². The van der Waals surface area contributed by atoms with Crippen molar-refractivity contribution in [3.8, 4) is 11.5 Å². The first-order valence-electron chi connectivity index (χ1n) is 10.3. The van der Waals surface area contributed by atoms with E-state index in [4.69, 9.17) is 21.1 Å². The predicted octanol–water partition coefficient (Wildman–Crippen LogP) is 4.56. The molecule has 0 spiro atoms. The van der Waals surface area contributed by atoms with Crippen molar-refractivity contribution in [2.75, 3.05) is 11.9 Å². The maximum Gasteiger partial charge on any atom is 0.262 e. The van der Waals surface area contributed by atoms with Crippen molar-refractivity contribution in [3.63, 3.8) is 0 Å². The van der Waals surface area contributed by atoms with Crippen molar-refractivity contribution in [2.24, 2.45) is 0 Å². The summed E-state index contributed by atoms with van der Waals surface area (Å²) in [5, 5.41) is 3.39. The third kappa shape index (κ3) is 5.70. The second kappa shape index (κ2) is 9.75. The quantitative estimate of drug-likeness (QED) is 0.434. The molecule has 7 nitrogen and oxygen atoms in total. The number of nitrogens with one attached hydrogen (secondary N) is 1. The van der Waals surface area contributed by atoms with E-state index in [0.29, 0.717) is 33.6 Å². The molecule has 0 saturated carbocycles. The van der Waals surface area contributed by atoms with Crippen LogP contribution in [0.25, 0.3) is 5.65 Å². The summed E-state index contributed by atoms with van der Waals surface area (Å²) in [6.07, 6.45) is 1.71. The van der Waals surface area contributed by atoms with Crippen molar-refractivity contribution in [1.29, 1.82) is 0 Å². The normalized spacial score (nSPS) is 10.8. The molecular formula is C25H22ClN3O4. The van der Waals surface area contributed by atoms with Gasteiger partial charge < -0.3 is 14.8 Å². The topological polar surface area (TPSA) is 81.9 Å². The molecule has 2 heterocycles. The molecule has 0 aliphatic carbocycles. The van der Waals surface area contributed by atoms with Crippen molar-refractivity contribution in [2.45, 2.75) is 20.5 Å². The molecule has 2 aromatic carbocycles. The van der Waals surface area contributed by atoms with E-state index in [1.807, 2.05) is 32.0 Å². The Morgan fingerprint density at radius 1 is 1.03 bits per heavy atom. The van der Waals surface area contributed by atoms with Crippen molar-refractivity contribution >= 4 is 28.8 Å². The molecule has 0 unspecified atom stereocenters. The lowest BCUT2D eigenvalue weighted by molar-refractivity contribution is -0.118. The standard InChI is InChI=1S/C25H22ClN3O4/c1-16-9-10-29-23(11-16)27-20(13-25(29)31)14-33-22-12-19(6-3-17(22)2)28-24(30)15-32-21-7-4-18(26)5-8-21/h3-13H,14-15H2,1-2H3,(H,28,30). The lowest BCUT2D eigenvalue weighted by Crippen LogP contribution is -2.20. The summed E-state index contributed by atoms with van der Waals surface area (Å²) in [5.74, 6) is 0.827. The Hall–Kier alpha value is -3.84. The van der Waals surface area contributed by atoms with Crippen LogP contribution in [0.1, 0.15) is 16.8 Å². The van der Waals surface area contributed by atoms with E-state index in [2.05, 4.69) is 10.3 Å². The number of halogens is 1. The minimum absolute atomic E-state index is 0.123. The second-order valence-electron chi connectivity index (χ2n) is 7.58. The van der Waals surface area contributed by atoms with Crippen LogP contribution in [0.15, 0.2) is 71.7 Å². The van der Waals surface area contributed by atoms with Gasteiger partial charge in [-0.3, -0.25) is 14.0 Å². The molecule has 1 N–H and O–H groups in total. The first-order valence-corrected chi connectivity index (χ1v) is 10.7. The number of nitrogens with zero attached hydrogens (tertiary/aromatic N) is 2. The average molecular weight is 464 g/mol. The molecule has 168 valence electrons. The fourth-order valence-corrected chi connectivity index (χ4v) is 3.32.